The Balaban J connectivity index is 1.66. The highest BCUT2D eigenvalue weighted by Gasteiger charge is 2.30. The lowest BCUT2D eigenvalue weighted by Gasteiger charge is -2.21. The predicted octanol–water partition coefficient (Wildman–Crippen LogP) is 4.63. The zero-order chi connectivity index (χ0) is 21.7. The predicted molar refractivity (Wildman–Crippen MR) is 109 cm³/mol. The van der Waals surface area contributed by atoms with E-state index in [1.165, 1.54) is 23.0 Å². The van der Waals surface area contributed by atoms with Crippen molar-refractivity contribution < 1.29 is 17.9 Å². The molecule has 9 heteroatoms. The maximum absolute atomic E-state index is 12.7. The molecule has 0 saturated carbocycles. The average Bonchev–Trinajstić information content (AvgIpc) is 2.71. The molecule has 0 amide bonds. The van der Waals surface area contributed by atoms with Gasteiger partial charge in [-0.1, -0.05) is 41.9 Å². The molecule has 0 saturated heterocycles. The van der Waals surface area contributed by atoms with Crippen LogP contribution in [-0.4, -0.2) is 23.4 Å². The van der Waals surface area contributed by atoms with Crippen LogP contribution >= 0.6 is 11.6 Å². The van der Waals surface area contributed by atoms with Crippen molar-refractivity contribution in [1.82, 2.24) is 9.78 Å². The molecule has 0 spiro atoms. The number of hydrogen-bond acceptors (Lipinski definition) is 4. The second-order valence-electron chi connectivity index (χ2n) is 6.58. The van der Waals surface area contributed by atoms with E-state index in [0.717, 1.165) is 12.1 Å². The molecule has 0 N–H and O–H groups in total. The number of halogens is 4. The second kappa shape index (κ2) is 9.21. The first kappa shape index (κ1) is 21.7. The van der Waals surface area contributed by atoms with Crippen molar-refractivity contribution >= 4 is 17.3 Å². The lowest BCUT2D eigenvalue weighted by atomic mass is 10.1. The zero-order valence-electron chi connectivity index (χ0n) is 16.1. The summed E-state index contributed by atoms with van der Waals surface area (Å²) in [6.07, 6.45) is -2.93. The molecule has 3 rings (SSSR count). The Morgan fingerprint density at radius 2 is 1.77 bits per heavy atom. The van der Waals surface area contributed by atoms with Gasteiger partial charge in [0.1, 0.15) is 17.4 Å². The standard InChI is InChI=1S/C21H19ClF3N3O2/c1-27(14-15-7-9-16(10-8-15)21(23,24)25)18-13-26-28(20(29)19(18)22)11-12-30-17-5-3-2-4-6-17/h2-10,13H,11-12,14H2,1H3. The van der Waals surface area contributed by atoms with Gasteiger partial charge in [-0.2, -0.15) is 18.3 Å². The van der Waals surface area contributed by atoms with Crippen LogP contribution in [-0.2, 0) is 19.3 Å². The van der Waals surface area contributed by atoms with E-state index in [2.05, 4.69) is 5.10 Å². The van der Waals surface area contributed by atoms with Crippen molar-refractivity contribution in [3.8, 4) is 5.75 Å². The van der Waals surface area contributed by atoms with Gasteiger partial charge >= 0.3 is 6.18 Å². The van der Waals surface area contributed by atoms with E-state index >= 15 is 0 Å². The van der Waals surface area contributed by atoms with Gasteiger partial charge in [-0.15, -0.1) is 0 Å². The highest BCUT2D eigenvalue weighted by atomic mass is 35.5. The maximum atomic E-state index is 12.7. The molecule has 30 heavy (non-hydrogen) atoms. The zero-order valence-corrected chi connectivity index (χ0v) is 16.8. The lowest BCUT2D eigenvalue weighted by molar-refractivity contribution is -0.137. The number of para-hydroxylation sites is 1. The molecule has 5 nitrogen and oxygen atoms in total. The molecule has 0 aliphatic carbocycles. The van der Waals surface area contributed by atoms with Crippen molar-refractivity contribution in [1.29, 1.82) is 0 Å². The Bertz CT molecular complexity index is 1040. The molecule has 158 valence electrons. The minimum atomic E-state index is -4.38. The third-order valence-corrected chi connectivity index (χ3v) is 4.75. The third kappa shape index (κ3) is 5.33. The summed E-state index contributed by atoms with van der Waals surface area (Å²) in [5.41, 5.74) is -0.150. The Morgan fingerprint density at radius 1 is 1.10 bits per heavy atom. The molecule has 3 aromatic rings. The first-order valence-corrected chi connectivity index (χ1v) is 9.44. The molecule has 0 fully saturated rings. The second-order valence-corrected chi connectivity index (χ2v) is 6.96. The normalized spacial score (nSPS) is 11.4. The van der Waals surface area contributed by atoms with E-state index in [1.807, 2.05) is 30.3 Å². The molecule has 0 unspecified atom stereocenters. The fourth-order valence-electron chi connectivity index (χ4n) is 2.81. The van der Waals surface area contributed by atoms with Crippen LogP contribution in [0.3, 0.4) is 0 Å². The SMILES string of the molecule is CN(Cc1ccc(C(F)(F)F)cc1)c1cnn(CCOc2ccccc2)c(=O)c1Cl. The molecule has 0 aliphatic rings. The van der Waals surface area contributed by atoms with Gasteiger partial charge in [0.25, 0.3) is 5.56 Å². The molecule has 1 aromatic heterocycles. The van der Waals surface area contributed by atoms with Gasteiger partial charge in [0.2, 0.25) is 0 Å². The van der Waals surface area contributed by atoms with Gasteiger partial charge in [-0.05, 0) is 29.8 Å². The number of ether oxygens (including phenoxy) is 1. The van der Waals surface area contributed by atoms with Gasteiger partial charge in [0.05, 0.1) is 24.0 Å². The summed E-state index contributed by atoms with van der Waals surface area (Å²) in [5.74, 6) is 0.685. The van der Waals surface area contributed by atoms with Crippen LogP contribution in [0.1, 0.15) is 11.1 Å². The molecule has 0 bridgehead atoms. The molecule has 2 aromatic carbocycles. The highest BCUT2D eigenvalue weighted by Crippen LogP contribution is 2.29. The molecular weight excluding hydrogens is 419 g/mol. The first-order valence-electron chi connectivity index (χ1n) is 9.06. The largest absolute Gasteiger partial charge is 0.492 e. The third-order valence-electron chi connectivity index (χ3n) is 4.39. The molecular formula is C21H19ClF3N3O2. The fourth-order valence-corrected chi connectivity index (χ4v) is 3.10. The number of hydrogen-bond donors (Lipinski definition) is 0. The van der Waals surface area contributed by atoms with Crippen molar-refractivity contribution in [3.63, 3.8) is 0 Å². The summed E-state index contributed by atoms with van der Waals surface area (Å²) in [5, 5.41) is 4.11. The Labute approximate surface area is 176 Å². The van der Waals surface area contributed by atoms with Crippen LogP contribution in [0.2, 0.25) is 5.02 Å². The van der Waals surface area contributed by atoms with E-state index in [0.29, 0.717) is 17.0 Å². The van der Waals surface area contributed by atoms with Crippen LogP contribution in [0, 0.1) is 0 Å². The minimum absolute atomic E-state index is 0.0147. The fraction of sp³-hybridized carbons (Fsp3) is 0.238. The number of nitrogens with zero attached hydrogens (tertiary/aromatic N) is 3. The Morgan fingerprint density at radius 3 is 2.40 bits per heavy atom. The van der Waals surface area contributed by atoms with Crippen molar-refractivity contribution in [2.24, 2.45) is 0 Å². The van der Waals surface area contributed by atoms with Crippen molar-refractivity contribution in [3.05, 3.63) is 87.3 Å². The van der Waals surface area contributed by atoms with Gasteiger partial charge in [-0.3, -0.25) is 4.79 Å². The Hall–Kier alpha value is -3.00. The van der Waals surface area contributed by atoms with Crippen LogP contribution < -0.4 is 15.2 Å². The Kier molecular flexibility index (Phi) is 6.66. The smallest absolute Gasteiger partial charge is 0.416 e. The topological polar surface area (TPSA) is 47.4 Å². The van der Waals surface area contributed by atoms with Gasteiger partial charge in [-0.25, -0.2) is 4.68 Å². The molecule has 0 radical (unpaired) electrons. The summed E-state index contributed by atoms with van der Waals surface area (Å²) in [6.45, 7) is 0.727. The van der Waals surface area contributed by atoms with E-state index in [4.69, 9.17) is 16.3 Å². The van der Waals surface area contributed by atoms with E-state index in [-0.39, 0.29) is 24.7 Å². The molecule has 0 aliphatic heterocycles. The number of anilines is 1. The quantitative estimate of drug-likeness (QED) is 0.540. The summed E-state index contributed by atoms with van der Waals surface area (Å²) < 4.78 is 44.8. The van der Waals surface area contributed by atoms with Gasteiger partial charge in [0.15, 0.2) is 0 Å². The van der Waals surface area contributed by atoms with Gasteiger partial charge in [0, 0.05) is 13.6 Å². The summed E-state index contributed by atoms with van der Waals surface area (Å²) >= 11 is 6.24. The van der Waals surface area contributed by atoms with Crippen LogP contribution in [0.25, 0.3) is 0 Å². The van der Waals surface area contributed by atoms with Crippen LogP contribution in [0.4, 0.5) is 18.9 Å². The number of rotatable bonds is 7. The summed E-state index contributed by atoms with van der Waals surface area (Å²) in [7, 11) is 1.68. The first-order chi connectivity index (χ1) is 14.3. The van der Waals surface area contributed by atoms with E-state index in [9.17, 15) is 18.0 Å². The minimum Gasteiger partial charge on any atom is -0.492 e. The summed E-state index contributed by atoms with van der Waals surface area (Å²) in [4.78, 5) is 14.2. The van der Waals surface area contributed by atoms with Crippen LogP contribution in [0.15, 0.2) is 65.6 Å². The van der Waals surface area contributed by atoms with Crippen LogP contribution in [0.5, 0.6) is 5.75 Å². The monoisotopic (exact) mass is 437 g/mol. The van der Waals surface area contributed by atoms with Crippen molar-refractivity contribution in [2.75, 3.05) is 18.6 Å². The molecule has 1 heterocycles. The maximum Gasteiger partial charge on any atom is 0.416 e. The number of aromatic nitrogens is 2. The lowest BCUT2D eigenvalue weighted by Crippen LogP contribution is -2.29. The molecule has 0 atom stereocenters. The average molecular weight is 438 g/mol. The number of alkyl halides is 3. The van der Waals surface area contributed by atoms with E-state index in [1.54, 1.807) is 11.9 Å². The summed E-state index contributed by atoms with van der Waals surface area (Å²) in [6, 6.07) is 14.0. The van der Waals surface area contributed by atoms with Gasteiger partial charge < -0.3 is 9.64 Å². The highest BCUT2D eigenvalue weighted by molar-refractivity contribution is 6.33. The van der Waals surface area contributed by atoms with E-state index < -0.39 is 17.3 Å². The van der Waals surface area contributed by atoms with Crippen molar-refractivity contribution in [2.45, 2.75) is 19.3 Å². The number of benzene rings is 2.